The topological polar surface area (TPSA) is 20.2 Å². The number of benzene rings is 1. The second kappa shape index (κ2) is 5.76. The summed E-state index contributed by atoms with van der Waals surface area (Å²) in [6.07, 6.45) is 5.03. The van der Waals surface area contributed by atoms with Gasteiger partial charge < -0.3 is 5.11 Å². The fourth-order valence-corrected chi connectivity index (χ4v) is 4.02. The van der Waals surface area contributed by atoms with Crippen molar-refractivity contribution >= 4 is 0 Å². The summed E-state index contributed by atoms with van der Waals surface area (Å²) in [4.78, 5) is 0. The van der Waals surface area contributed by atoms with Crippen LogP contribution in [-0.4, -0.2) is 10.7 Å². The van der Waals surface area contributed by atoms with Crippen LogP contribution in [0.1, 0.15) is 68.7 Å². The highest BCUT2D eigenvalue weighted by molar-refractivity contribution is 5.38. The third-order valence-electron chi connectivity index (χ3n) is 5.49. The summed E-state index contributed by atoms with van der Waals surface area (Å²) in [6.45, 7) is 13.5. The molecule has 1 fully saturated rings. The molecule has 2 rings (SSSR count). The molecular weight excluding hydrogens is 256 g/mol. The summed E-state index contributed by atoms with van der Waals surface area (Å²) in [6, 6.07) is 4.49. The van der Waals surface area contributed by atoms with Crippen molar-refractivity contribution in [3.05, 3.63) is 34.4 Å². The average molecular weight is 288 g/mol. The quantitative estimate of drug-likeness (QED) is 0.800. The van der Waals surface area contributed by atoms with Crippen molar-refractivity contribution in [3.8, 4) is 0 Å². The summed E-state index contributed by atoms with van der Waals surface area (Å²) in [5.41, 5.74) is 5.22. The largest absolute Gasteiger partial charge is 0.390 e. The third kappa shape index (κ3) is 3.88. The van der Waals surface area contributed by atoms with Crippen LogP contribution in [-0.2, 0) is 6.42 Å². The van der Waals surface area contributed by atoms with Gasteiger partial charge in [0.15, 0.2) is 0 Å². The van der Waals surface area contributed by atoms with Gasteiger partial charge in [0.25, 0.3) is 0 Å². The highest BCUT2D eigenvalue weighted by Gasteiger charge is 2.37. The van der Waals surface area contributed by atoms with Gasteiger partial charge in [-0.15, -0.1) is 0 Å². The fourth-order valence-electron chi connectivity index (χ4n) is 4.02. The zero-order valence-electron chi connectivity index (χ0n) is 14.7. The minimum atomic E-state index is -0.494. The van der Waals surface area contributed by atoms with Crippen LogP contribution in [0.5, 0.6) is 0 Å². The molecule has 1 saturated carbocycles. The molecule has 0 unspecified atom stereocenters. The van der Waals surface area contributed by atoms with E-state index in [1.165, 1.54) is 22.3 Å². The molecule has 0 spiro atoms. The fraction of sp³-hybridized carbons (Fsp3) is 0.700. The molecule has 0 bridgehead atoms. The Hall–Kier alpha value is -0.820. The molecule has 0 heterocycles. The van der Waals surface area contributed by atoms with Crippen LogP contribution < -0.4 is 0 Å². The SMILES string of the molecule is Cc1cc(C)c(CC2(O)CCC(C(C)(C)C)CC2)c(C)c1. The van der Waals surface area contributed by atoms with Crippen LogP contribution in [0.25, 0.3) is 0 Å². The van der Waals surface area contributed by atoms with E-state index >= 15 is 0 Å². The number of aliphatic hydroxyl groups is 1. The lowest BCUT2D eigenvalue weighted by atomic mass is 9.67. The summed E-state index contributed by atoms with van der Waals surface area (Å²) >= 11 is 0. The molecule has 1 aliphatic carbocycles. The zero-order chi connectivity index (χ0) is 15.8. The van der Waals surface area contributed by atoms with E-state index in [0.717, 1.165) is 38.0 Å². The van der Waals surface area contributed by atoms with E-state index in [1.54, 1.807) is 0 Å². The molecule has 1 aliphatic rings. The van der Waals surface area contributed by atoms with Crippen LogP contribution >= 0.6 is 0 Å². The molecule has 0 atom stereocenters. The first-order chi connectivity index (χ1) is 9.61. The van der Waals surface area contributed by atoms with Gasteiger partial charge in [0, 0.05) is 6.42 Å². The van der Waals surface area contributed by atoms with Gasteiger partial charge in [0.2, 0.25) is 0 Å². The van der Waals surface area contributed by atoms with E-state index in [-0.39, 0.29) is 0 Å². The average Bonchev–Trinajstić information content (AvgIpc) is 2.33. The Morgan fingerprint density at radius 3 is 1.95 bits per heavy atom. The Kier molecular flexibility index (Phi) is 4.54. The molecule has 1 aromatic carbocycles. The number of hydrogen-bond donors (Lipinski definition) is 1. The van der Waals surface area contributed by atoms with E-state index in [2.05, 4.69) is 53.7 Å². The predicted molar refractivity (Wildman–Crippen MR) is 90.7 cm³/mol. The Balaban J connectivity index is 2.11. The number of rotatable bonds is 2. The lowest BCUT2D eigenvalue weighted by Crippen LogP contribution is -2.39. The summed E-state index contributed by atoms with van der Waals surface area (Å²) in [5, 5.41) is 11.0. The third-order valence-corrected chi connectivity index (χ3v) is 5.49. The molecule has 21 heavy (non-hydrogen) atoms. The van der Waals surface area contributed by atoms with Crippen molar-refractivity contribution in [3.63, 3.8) is 0 Å². The van der Waals surface area contributed by atoms with E-state index in [4.69, 9.17) is 0 Å². The lowest BCUT2D eigenvalue weighted by molar-refractivity contribution is -0.0247. The first-order valence-corrected chi connectivity index (χ1v) is 8.40. The summed E-state index contributed by atoms with van der Waals surface area (Å²) in [7, 11) is 0. The molecule has 1 aromatic rings. The Morgan fingerprint density at radius 1 is 1.05 bits per heavy atom. The first-order valence-electron chi connectivity index (χ1n) is 8.40. The Morgan fingerprint density at radius 2 is 1.52 bits per heavy atom. The van der Waals surface area contributed by atoms with Gasteiger partial charge in [-0.1, -0.05) is 38.5 Å². The van der Waals surface area contributed by atoms with Crippen molar-refractivity contribution in [2.75, 3.05) is 0 Å². The van der Waals surface area contributed by atoms with Crippen molar-refractivity contribution < 1.29 is 5.11 Å². The van der Waals surface area contributed by atoms with Gasteiger partial charge in [0.05, 0.1) is 5.60 Å². The standard InChI is InChI=1S/C20H32O/c1-14-11-15(2)18(16(3)12-14)13-20(21)9-7-17(8-10-20)19(4,5)6/h11-12,17,21H,7-10,13H2,1-6H3. The molecule has 1 N–H and O–H groups in total. The highest BCUT2D eigenvalue weighted by Crippen LogP contribution is 2.42. The molecule has 0 aromatic heterocycles. The zero-order valence-corrected chi connectivity index (χ0v) is 14.7. The van der Waals surface area contributed by atoms with E-state index in [9.17, 15) is 5.11 Å². The van der Waals surface area contributed by atoms with Crippen molar-refractivity contribution in [1.29, 1.82) is 0 Å². The van der Waals surface area contributed by atoms with Gasteiger partial charge in [-0.05, 0) is 74.5 Å². The number of aryl methyl sites for hydroxylation is 3. The maximum absolute atomic E-state index is 11.0. The molecule has 0 amide bonds. The van der Waals surface area contributed by atoms with Crippen LogP contribution in [0.2, 0.25) is 0 Å². The molecule has 0 radical (unpaired) electrons. The normalized spacial score (nSPS) is 26.9. The van der Waals surface area contributed by atoms with Gasteiger partial charge in [-0.2, -0.15) is 0 Å². The molecular formula is C20H32O. The molecule has 0 aliphatic heterocycles. The summed E-state index contributed by atoms with van der Waals surface area (Å²) in [5.74, 6) is 0.748. The van der Waals surface area contributed by atoms with E-state index < -0.39 is 5.60 Å². The van der Waals surface area contributed by atoms with Gasteiger partial charge in [-0.3, -0.25) is 0 Å². The highest BCUT2D eigenvalue weighted by atomic mass is 16.3. The van der Waals surface area contributed by atoms with Gasteiger partial charge >= 0.3 is 0 Å². The van der Waals surface area contributed by atoms with E-state index in [0.29, 0.717) is 5.41 Å². The molecule has 1 heteroatoms. The maximum atomic E-state index is 11.0. The van der Waals surface area contributed by atoms with E-state index in [1.807, 2.05) is 0 Å². The van der Waals surface area contributed by atoms with Crippen molar-refractivity contribution in [2.45, 2.75) is 79.2 Å². The second-order valence-electron chi connectivity index (χ2n) is 8.42. The molecule has 1 nitrogen and oxygen atoms in total. The smallest absolute Gasteiger partial charge is 0.0688 e. The number of hydrogen-bond acceptors (Lipinski definition) is 1. The van der Waals surface area contributed by atoms with Crippen LogP contribution in [0.3, 0.4) is 0 Å². The summed E-state index contributed by atoms with van der Waals surface area (Å²) < 4.78 is 0. The van der Waals surface area contributed by atoms with Crippen LogP contribution in [0.4, 0.5) is 0 Å². The molecule has 118 valence electrons. The first kappa shape index (κ1) is 16.5. The lowest BCUT2D eigenvalue weighted by Gasteiger charge is -2.41. The van der Waals surface area contributed by atoms with Crippen LogP contribution in [0.15, 0.2) is 12.1 Å². The minimum absolute atomic E-state index is 0.372. The van der Waals surface area contributed by atoms with Gasteiger partial charge in [-0.25, -0.2) is 0 Å². The Labute approximate surface area is 130 Å². The predicted octanol–water partition coefficient (Wildman–Crippen LogP) is 5.12. The van der Waals surface area contributed by atoms with Gasteiger partial charge in [0.1, 0.15) is 0 Å². The van der Waals surface area contributed by atoms with Crippen molar-refractivity contribution in [1.82, 2.24) is 0 Å². The maximum Gasteiger partial charge on any atom is 0.0688 e. The van der Waals surface area contributed by atoms with Crippen molar-refractivity contribution in [2.24, 2.45) is 11.3 Å². The Bertz CT molecular complexity index is 476. The molecule has 0 saturated heterocycles. The minimum Gasteiger partial charge on any atom is -0.390 e. The monoisotopic (exact) mass is 288 g/mol. The van der Waals surface area contributed by atoms with Crippen LogP contribution in [0, 0.1) is 32.1 Å². The second-order valence-corrected chi connectivity index (χ2v) is 8.42.